The zero-order valence-corrected chi connectivity index (χ0v) is 15.6. The summed E-state index contributed by atoms with van der Waals surface area (Å²) in [4.78, 5) is 0. The minimum absolute atomic E-state index is 0.815. The summed E-state index contributed by atoms with van der Waals surface area (Å²) in [5.74, 6) is -0.815. The molecule has 0 bridgehead atoms. The molecule has 0 unspecified atom stereocenters. The van der Waals surface area contributed by atoms with Crippen LogP contribution in [-0.4, -0.2) is 74.9 Å². The summed E-state index contributed by atoms with van der Waals surface area (Å²) in [5, 5.41) is 3.64. The van der Waals surface area contributed by atoms with Crippen molar-refractivity contribution in [1.29, 1.82) is 0 Å². The number of methoxy groups -OCH3 is 2. The molecule has 0 atom stereocenters. The van der Waals surface area contributed by atoms with Crippen LogP contribution in [0.1, 0.15) is 27.7 Å². The van der Waals surface area contributed by atoms with Crippen LogP contribution in [-0.2, 0) is 9.47 Å². The molecule has 122 valence electrons. The lowest BCUT2D eigenvalue weighted by atomic mass is 10.6. The second kappa shape index (κ2) is 8.59. The van der Waals surface area contributed by atoms with Gasteiger partial charge in [0.25, 0.3) is 5.91 Å². The maximum atomic E-state index is 5.54. The first-order valence-electron chi connectivity index (χ1n) is 7.21. The van der Waals surface area contributed by atoms with Crippen LogP contribution >= 0.6 is 7.87 Å². The van der Waals surface area contributed by atoms with Crippen molar-refractivity contribution in [2.24, 2.45) is 0 Å². The van der Waals surface area contributed by atoms with Crippen LogP contribution in [0.5, 0.6) is 0 Å². The Balaban J connectivity index is 5.72. The van der Waals surface area contributed by atoms with Crippen molar-refractivity contribution in [3.05, 3.63) is 0 Å². The third-order valence-electron chi connectivity index (χ3n) is 3.93. The van der Waals surface area contributed by atoms with Gasteiger partial charge in [0.1, 0.15) is 0 Å². The number of hydrogen-bond donors (Lipinski definition) is 1. The van der Waals surface area contributed by atoms with Crippen molar-refractivity contribution in [3.8, 4) is 0 Å². The molecule has 7 heteroatoms. The van der Waals surface area contributed by atoms with E-state index in [-0.39, 0.29) is 0 Å². The summed E-state index contributed by atoms with van der Waals surface area (Å²) >= 11 is 0. The van der Waals surface area contributed by atoms with Gasteiger partial charge < -0.3 is 9.47 Å². The first-order valence-corrected chi connectivity index (χ1v) is 8.86. The highest BCUT2D eigenvalue weighted by Crippen LogP contribution is 2.62. The summed E-state index contributed by atoms with van der Waals surface area (Å²) in [6.07, 6.45) is 0. The topological polar surface area (TPSA) is 40.2 Å². The van der Waals surface area contributed by atoms with E-state index < -0.39 is 13.8 Å². The van der Waals surface area contributed by atoms with Crippen molar-refractivity contribution >= 4 is 7.87 Å². The van der Waals surface area contributed by atoms with E-state index in [1.165, 1.54) is 0 Å². The van der Waals surface area contributed by atoms with Gasteiger partial charge >= 0.3 is 7.87 Å². The first-order chi connectivity index (χ1) is 9.27. The lowest BCUT2D eigenvalue weighted by Crippen LogP contribution is -2.56. The van der Waals surface area contributed by atoms with Crippen LogP contribution < -0.4 is 5.09 Å². The molecule has 0 aliphatic heterocycles. The Morgan fingerprint density at radius 2 is 1.15 bits per heavy atom. The van der Waals surface area contributed by atoms with E-state index in [2.05, 4.69) is 61.0 Å². The number of nitrogens with zero attached hydrogens (tertiary/aromatic N) is 3. The van der Waals surface area contributed by atoms with Crippen LogP contribution in [0.3, 0.4) is 0 Å². The predicted molar refractivity (Wildman–Crippen MR) is 87.4 cm³/mol. The normalized spacial score (nSPS) is 13.8. The number of rotatable bonds is 10. The molecule has 0 radical (unpaired) electrons. The molecule has 0 aromatic rings. The molecule has 0 rings (SSSR count). The molecule has 0 aliphatic carbocycles. The molecule has 1 N–H and O–H groups in total. The number of nitrogens with one attached hydrogen (secondary N) is 1. The molecule has 6 nitrogen and oxygen atoms in total. The first kappa shape index (κ1) is 20.2. The van der Waals surface area contributed by atoms with Gasteiger partial charge in [0.2, 0.25) is 0 Å². The van der Waals surface area contributed by atoms with Crippen LogP contribution in [0, 0.1) is 0 Å². The fourth-order valence-electron chi connectivity index (χ4n) is 2.08. The standard InChI is InChI=1S/C13H34N4O2P/c1-10-15(5)20(16(6)11-2,17(7)12-3)14-13(4,18-8)19-9/h14H,10-12H2,1-9H3/q+1. The lowest BCUT2D eigenvalue weighted by molar-refractivity contribution is -0.202. The van der Waals surface area contributed by atoms with Gasteiger partial charge in [-0.05, 0) is 20.8 Å². The van der Waals surface area contributed by atoms with Crippen LogP contribution in [0.4, 0.5) is 0 Å². The Hall–Kier alpha value is 0.190. The molecule has 0 spiro atoms. The van der Waals surface area contributed by atoms with E-state index in [0.717, 1.165) is 19.6 Å². The van der Waals surface area contributed by atoms with Gasteiger partial charge in [-0.15, -0.1) is 14.0 Å². The Bertz CT molecular complexity index is 251. The summed E-state index contributed by atoms with van der Waals surface area (Å²) in [6.45, 7) is 11.2. The maximum Gasteiger partial charge on any atom is 0.310 e. The summed E-state index contributed by atoms with van der Waals surface area (Å²) in [5.41, 5.74) is 0. The van der Waals surface area contributed by atoms with E-state index in [1.54, 1.807) is 14.2 Å². The molecular formula is C13H34N4O2P+. The fourth-order valence-corrected chi connectivity index (χ4v) is 6.06. The number of hydrogen-bond acceptors (Lipinski definition) is 6. The summed E-state index contributed by atoms with van der Waals surface area (Å²) in [6, 6.07) is 0. The Morgan fingerprint density at radius 1 is 0.850 bits per heavy atom. The van der Waals surface area contributed by atoms with Crippen molar-refractivity contribution in [1.82, 2.24) is 19.1 Å². The average Bonchev–Trinajstić information content (AvgIpc) is 2.49. The molecule has 0 fully saturated rings. The van der Waals surface area contributed by atoms with Gasteiger partial charge in [0.15, 0.2) is 0 Å². The average molecular weight is 309 g/mol. The van der Waals surface area contributed by atoms with E-state index in [1.807, 2.05) is 6.92 Å². The maximum absolute atomic E-state index is 5.54. The fraction of sp³-hybridized carbons (Fsp3) is 1.00. The van der Waals surface area contributed by atoms with Crippen molar-refractivity contribution in [3.63, 3.8) is 0 Å². The van der Waals surface area contributed by atoms with E-state index >= 15 is 0 Å². The molecule has 0 heterocycles. The lowest BCUT2D eigenvalue weighted by Gasteiger charge is -2.45. The SMILES string of the molecule is CCN(C)[P+](NC(C)(OC)OC)(N(C)CC)N(C)CC. The van der Waals surface area contributed by atoms with Crippen LogP contribution in [0.2, 0.25) is 0 Å². The molecule has 0 amide bonds. The predicted octanol–water partition coefficient (Wildman–Crippen LogP) is 2.08. The Labute approximate surface area is 125 Å². The van der Waals surface area contributed by atoms with E-state index in [0.29, 0.717) is 0 Å². The molecule has 0 aromatic carbocycles. The molecule has 0 aliphatic rings. The summed E-state index contributed by atoms with van der Waals surface area (Å²) < 4.78 is 18.2. The van der Waals surface area contributed by atoms with Crippen molar-refractivity contribution in [2.45, 2.75) is 33.6 Å². The van der Waals surface area contributed by atoms with Crippen LogP contribution in [0.25, 0.3) is 0 Å². The highest BCUT2D eigenvalue weighted by molar-refractivity contribution is 7.67. The summed E-state index contributed by atoms with van der Waals surface area (Å²) in [7, 11) is 7.83. The van der Waals surface area contributed by atoms with Crippen LogP contribution in [0.15, 0.2) is 0 Å². The van der Waals surface area contributed by atoms with E-state index in [4.69, 9.17) is 9.47 Å². The zero-order chi connectivity index (χ0) is 16.0. The smallest absolute Gasteiger partial charge is 0.310 e. The highest BCUT2D eigenvalue weighted by atomic mass is 31.2. The van der Waals surface area contributed by atoms with Crippen molar-refractivity contribution in [2.75, 3.05) is 55.0 Å². The zero-order valence-electron chi connectivity index (χ0n) is 14.7. The Morgan fingerprint density at radius 3 is 1.35 bits per heavy atom. The van der Waals surface area contributed by atoms with Crippen molar-refractivity contribution < 1.29 is 9.47 Å². The largest absolute Gasteiger partial charge is 0.339 e. The van der Waals surface area contributed by atoms with Gasteiger partial charge in [-0.1, -0.05) is 5.09 Å². The second-order valence-electron chi connectivity index (χ2n) is 4.96. The number of ether oxygens (including phenoxy) is 2. The van der Waals surface area contributed by atoms with Gasteiger partial charge in [0.05, 0.1) is 0 Å². The molecule has 20 heavy (non-hydrogen) atoms. The minimum Gasteiger partial charge on any atom is -0.339 e. The quantitative estimate of drug-likeness (QED) is 0.492. The van der Waals surface area contributed by atoms with Gasteiger partial charge in [0, 0.05) is 61.9 Å². The van der Waals surface area contributed by atoms with Gasteiger partial charge in [-0.25, -0.2) is 0 Å². The monoisotopic (exact) mass is 309 g/mol. The molecule has 0 aromatic heterocycles. The van der Waals surface area contributed by atoms with Gasteiger partial charge in [-0.2, -0.15) is 0 Å². The third-order valence-corrected chi connectivity index (χ3v) is 8.34. The third kappa shape index (κ3) is 4.10. The molecular weight excluding hydrogens is 275 g/mol. The second-order valence-corrected chi connectivity index (χ2v) is 8.36. The van der Waals surface area contributed by atoms with Gasteiger partial charge in [-0.3, -0.25) is 0 Å². The Kier molecular flexibility index (Phi) is 8.67. The highest BCUT2D eigenvalue weighted by Gasteiger charge is 2.56. The minimum atomic E-state index is -1.92. The molecule has 0 saturated carbocycles. The van der Waals surface area contributed by atoms with E-state index in [9.17, 15) is 0 Å². The molecule has 0 saturated heterocycles.